The lowest BCUT2D eigenvalue weighted by molar-refractivity contribution is -0.160. The maximum absolute atomic E-state index is 12.3. The van der Waals surface area contributed by atoms with Crippen molar-refractivity contribution in [2.24, 2.45) is 34.5 Å². The van der Waals surface area contributed by atoms with Gasteiger partial charge in [-0.05, 0) is 59.3 Å². The second-order valence-electron chi connectivity index (χ2n) is 12.0. The average molecular weight is 539 g/mol. The molecule has 38 heavy (non-hydrogen) atoms. The van der Waals surface area contributed by atoms with Gasteiger partial charge in [-0.2, -0.15) is 0 Å². The summed E-state index contributed by atoms with van der Waals surface area (Å²) in [5.74, 6) is -1.55. The Kier molecular flexibility index (Phi) is 9.47. The summed E-state index contributed by atoms with van der Waals surface area (Å²) in [6.45, 7) is 11.9. The van der Waals surface area contributed by atoms with Crippen molar-refractivity contribution in [1.29, 1.82) is 0 Å². The van der Waals surface area contributed by atoms with Gasteiger partial charge in [0.2, 0.25) is 0 Å². The van der Waals surface area contributed by atoms with E-state index in [9.17, 15) is 24.0 Å². The van der Waals surface area contributed by atoms with E-state index in [0.717, 1.165) is 12.8 Å². The lowest BCUT2D eigenvalue weighted by atomic mass is 9.80. The van der Waals surface area contributed by atoms with Crippen molar-refractivity contribution in [1.82, 2.24) is 0 Å². The van der Waals surface area contributed by atoms with Crippen molar-refractivity contribution in [3.63, 3.8) is 0 Å². The quantitative estimate of drug-likeness (QED) is 0.232. The number of esters is 5. The van der Waals surface area contributed by atoms with Crippen LogP contribution in [0.15, 0.2) is 0 Å². The third-order valence-electron chi connectivity index (χ3n) is 8.49. The molecule has 0 aromatic carbocycles. The van der Waals surface area contributed by atoms with Gasteiger partial charge in [0, 0.05) is 12.3 Å². The largest absolute Gasteiger partial charge is 0.465 e. The lowest BCUT2D eigenvalue weighted by Crippen LogP contribution is -2.33. The van der Waals surface area contributed by atoms with Crippen LogP contribution >= 0.6 is 0 Å². The molecule has 2 saturated heterocycles. The van der Waals surface area contributed by atoms with E-state index in [2.05, 4.69) is 0 Å². The van der Waals surface area contributed by atoms with Crippen molar-refractivity contribution < 1.29 is 47.7 Å². The maximum Gasteiger partial charge on any atom is 0.311 e. The molecule has 4 fully saturated rings. The van der Waals surface area contributed by atoms with Crippen LogP contribution in [0, 0.1) is 34.5 Å². The van der Waals surface area contributed by atoms with Gasteiger partial charge in [0.05, 0.1) is 42.3 Å². The third-order valence-corrected chi connectivity index (χ3v) is 8.49. The van der Waals surface area contributed by atoms with Gasteiger partial charge in [0.1, 0.15) is 18.8 Å². The molecule has 0 amide bonds. The summed E-state index contributed by atoms with van der Waals surface area (Å²) in [4.78, 5) is 58.4. The molecular weight excluding hydrogens is 496 g/mol. The van der Waals surface area contributed by atoms with Crippen LogP contribution in [-0.2, 0) is 47.7 Å². The molecule has 4 aliphatic rings. The summed E-state index contributed by atoms with van der Waals surface area (Å²) in [7, 11) is 0. The smallest absolute Gasteiger partial charge is 0.311 e. The van der Waals surface area contributed by atoms with Crippen molar-refractivity contribution in [3.05, 3.63) is 0 Å². The van der Waals surface area contributed by atoms with Crippen molar-refractivity contribution in [2.45, 2.75) is 92.3 Å². The molecule has 4 rings (SSSR count). The van der Waals surface area contributed by atoms with E-state index >= 15 is 0 Å². The molecule has 2 saturated carbocycles. The van der Waals surface area contributed by atoms with Crippen molar-refractivity contribution >= 4 is 29.8 Å². The maximum atomic E-state index is 12.3. The van der Waals surface area contributed by atoms with Gasteiger partial charge in [-0.25, -0.2) is 0 Å². The van der Waals surface area contributed by atoms with Gasteiger partial charge in [-0.1, -0.05) is 13.8 Å². The van der Waals surface area contributed by atoms with Gasteiger partial charge in [-0.15, -0.1) is 0 Å². The average Bonchev–Trinajstić information content (AvgIpc) is 3.60. The Balaban J connectivity index is 0.000000244. The molecule has 6 unspecified atom stereocenters. The highest BCUT2D eigenvalue weighted by atomic mass is 16.6. The summed E-state index contributed by atoms with van der Waals surface area (Å²) >= 11 is 0. The minimum Gasteiger partial charge on any atom is -0.465 e. The zero-order valence-electron chi connectivity index (χ0n) is 23.4. The molecule has 0 N–H and O–H groups in total. The number of ether oxygens (including phenoxy) is 5. The van der Waals surface area contributed by atoms with E-state index in [4.69, 9.17) is 23.7 Å². The summed E-state index contributed by atoms with van der Waals surface area (Å²) in [6.07, 6.45) is 3.40. The highest BCUT2D eigenvalue weighted by molar-refractivity contribution is 5.85. The van der Waals surface area contributed by atoms with Crippen LogP contribution in [0.1, 0.15) is 80.1 Å². The highest BCUT2D eigenvalue weighted by Gasteiger charge is 2.64. The van der Waals surface area contributed by atoms with E-state index < -0.39 is 10.8 Å². The Hall–Kier alpha value is -2.65. The fraction of sp³-hybridized carbons (Fsp3) is 0.821. The predicted molar refractivity (Wildman–Crippen MR) is 133 cm³/mol. The number of hydrogen-bond donors (Lipinski definition) is 0. The number of rotatable bonds is 10. The highest BCUT2D eigenvalue weighted by Crippen LogP contribution is 2.57. The fourth-order valence-corrected chi connectivity index (χ4v) is 5.18. The van der Waals surface area contributed by atoms with Crippen LogP contribution in [0.5, 0.6) is 0 Å². The van der Waals surface area contributed by atoms with Gasteiger partial charge in [0.25, 0.3) is 0 Å². The molecule has 0 spiro atoms. The molecule has 214 valence electrons. The topological polar surface area (TPSA) is 132 Å². The number of carbonyl (C=O) groups excluding carboxylic acids is 5. The van der Waals surface area contributed by atoms with Crippen LogP contribution in [0.2, 0.25) is 0 Å². The summed E-state index contributed by atoms with van der Waals surface area (Å²) in [6, 6.07) is 0. The molecule has 2 heterocycles. The molecule has 0 aromatic rings. The predicted octanol–water partition coefficient (Wildman–Crippen LogP) is 3.38. The zero-order chi connectivity index (χ0) is 28.3. The van der Waals surface area contributed by atoms with Crippen LogP contribution in [0.3, 0.4) is 0 Å². The molecule has 0 radical (unpaired) electrons. The van der Waals surface area contributed by atoms with Gasteiger partial charge in [-0.3, -0.25) is 24.0 Å². The molecule has 10 nitrogen and oxygen atoms in total. The Labute approximate surface area is 224 Å². The first-order valence-electron chi connectivity index (χ1n) is 13.7. The lowest BCUT2D eigenvalue weighted by Gasteiger charge is -2.23. The normalized spacial score (nSPS) is 29.2. The molecule has 2 aliphatic heterocycles. The summed E-state index contributed by atoms with van der Waals surface area (Å²) in [5.41, 5.74) is -0.967. The van der Waals surface area contributed by atoms with Crippen LogP contribution in [-0.4, -0.2) is 61.9 Å². The zero-order valence-corrected chi connectivity index (χ0v) is 23.4. The Morgan fingerprint density at radius 1 is 0.921 bits per heavy atom. The molecule has 10 heteroatoms. The third kappa shape index (κ3) is 6.67. The Bertz CT molecular complexity index is 921. The van der Waals surface area contributed by atoms with E-state index in [1.165, 1.54) is 0 Å². The second-order valence-corrected chi connectivity index (χ2v) is 12.0. The van der Waals surface area contributed by atoms with Crippen LogP contribution < -0.4 is 0 Å². The molecule has 2 aliphatic carbocycles. The van der Waals surface area contributed by atoms with E-state index in [1.54, 1.807) is 0 Å². The molecular formula is C28H42O10. The number of fused-ring (bicyclic) bond motifs is 1. The summed E-state index contributed by atoms with van der Waals surface area (Å²) in [5, 5.41) is 0. The van der Waals surface area contributed by atoms with Crippen LogP contribution in [0.4, 0.5) is 0 Å². The standard InChI is InChI=1S/C18H26O6.C10H16O4/c1-4-18(2,3)17(21)23-7-5-6-22-15(19)13-10-8-11-12(9-10)24-16(20)14(11)13;1-4-10(2,3)9(12)14-7-5-8(11)13-6-7/h10-14H,4-9H2,1-3H3;7H,4-6H2,1-3H3. The number of hydrogen-bond acceptors (Lipinski definition) is 10. The molecule has 0 aromatic heterocycles. The van der Waals surface area contributed by atoms with Crippen LogP contribution in [0.25, 0.3) is 0 Å². The Morgan fingerprint density at radius 3 is 2.16 bits per heavy atom. The first-order chi connectivity index (χ1) is 17.8. The molecule has 2 bridgehead atoms. The van der Waals surface area contributed by atoms with Crippen molar-refractivity contribution in [2.75, 3.05) is 19.8 Å². The number of carbonyl (C=O) groups is 5. The minimum absolute atomic E-state index is 0.0258. The minimum atomic E-state index is -0.487. The first-order valence-corrected chi connectivity index (χ1v) is 13.7. The second kappa shape index (κ2) is 12.0. The fourth-order valence-electron chi connectivity index (χ4n) is 5.18. The molecule has 6 atom stereocenters. The van der Waals surface area contributed by atoms with Gasteiger partial charge in [0.15, 0.2) is 0 Å². The summed E-state index contributed by atoms with van der Waals surface area (Å²) < 4.78 is 25.7. The first kappa shape index (κ1) is 29.9. The monoisotopic (exact) mass is 538 g/mol. The van der Waals surface area contributed by atoms with E-state index in [1.807, 2.05) is 41.5 Å². The van der Waals surface area contributed by atoms with Crippen molar-refractivity contribution in [3.8, 4) is 0 Å². The Morgan fingerprint density at radius 2 is 1.55 bits per heavy atom. The van der Waals surface area contributed by atoms with E-state index in [-0.39, 0.29) is 92.0 Å². The van der Waals surface area contributed by atoms with Gasteiger partial charge < -0.3 is 23.7 Å². The van der Waals surface area contributed by atoms with E-state index in [0.29, 0.717) is 19.3 Å². The SMILES string of the molecule is CCC(C)(C)C(=O)OC1COC(=O)C1.CCC(C)(C)C(=O)OCCCOC(=O)C1C2CC3OC(=O)C1C3C2. The van der Waals surface area contributed by atoms with Gasteiger partial charge >= 0.3 is 29.8 Å². The number of cyclic esters (lactones) is 1.